The quantitative estimate of drug-likeness (QED) is 0.600. The number of rotatable bonds is 7. The molecule has 0 spiro atoms. The fourth-order valence-corrected chi connectivity index (χ4v) is 3.24. The molecule has 0 unspecified atom stereocenters. The Morgan fingerprint density at radius 2 is 1.96 bits per heavy atom. The van der Waals surface area contributed by atoms with Crippen LogP contribution in [0.3, 0.4) is 0 Å². The Balaban J connectivity index is 1.77. The molecule has 3 aromatic rings. The van der Waals surface area contributed by atoms with Crippen molar-refractivity contribution >= 4 is 32.9 Å². The van der Waals surface area contributed by atoms with E-state index in [1.807, 2.05) is 60.0 Å². The zero-order valence-corrected chi connectivity index (χ0v) is 16.8. The Labute approximate surface area is 166 Å². The number of ether oxygens (including phenoxy) is 1. The highest BCUT2D eigenvalue weighted by Gasteiger charge is 2.19. The highest BCUT2D eigenvalue weighted by molar-refractivity contribution is 9.10. The standard InChI is InChI=1S/C20H22BrN3O3/c1-13(22-14(2)25)20-23-18-5-3-4-6-19(18)24(20)11-16(26)12-27-17-9-7-15(21)8-10-17/h3-10,13,16,26H,11-12H2,1-2H3,(H,22,25)/t13-,16-/m0/s1. The van der Waals surface area contributed by atoms with Crippen LogP contribution in [0, 0.1) is 0 Å². The Kier molecular flexibility index (Phi) is 6.13. The number of hydrogen-bond acceptors (Lipinski definition) is 4. The number of nitrogens with one attached hydrogen (secondary N) is 1. The van der Waals surface area contributed by atoms with Gasteiger partial charge in [0.2, 0.25) is 5.91 Å². The van der Waals surface area contributed by atoms with Crippen molar-refractivity contribution in [1.82, 2.24) is 14.9 Å². The highest BCUT2D eigenvalue weighted by atomic mass is 79.9. The molecule has 142 valence electrons. The predicted octanol–water partition coefficient (Wildman–Crippen LogP) is 3.44. The molecule has 0 aliphatic carbocycles. The van der Waals surface area contributed by atoms with E-state index < -0.39 is 6.10 Å². The van der Waals surface area contributed by atoms with Crippen molar-refractivity contribution in [2.45, 2.75) is 32.5 Å². The van der Waals surface area contributed by atoms with Gasteiger partial charge in [-0.15, -0.1) is 0 Å². The van der Waals surface area contributed by atoms with Crippen LogP contribution in [0.15, 0.2) is 53.0 Å². The van der Waals surface area contributed by atoms with Crippen molar-refractivity contribution in [3.63, 3.8) is 0 Å². The SMILES string of the molecule is CC(=O)N[C@@H](C)c1nc2ccccc2n1C[C@H](O)COc1ccc(Br)cc1. The van der Waals surface area contributed by atoms with Gasteiger partial charge in [-0.25, -0.2) is 4.98 Å². The first kappa shape index (κ1) is 19.4. The minimum atomic E-state index is -0.727. The van der Waals surface area contributed by atoms with E-state index >= 15 is 0 Å². The molecule has 0 saturated heterocycles. The summed E-state index contributed by atoms with van der Waals surface area (Å²) in [5.41, 5.74) is 1.73. The van der Waals surface area contributed by atoms with Gasteiger partial charge in [0.05, 0.1) is 23.6 Å². The van der Waals surface area contributed by atoms with Crippen LogP contribution in [0.4, 0.5) is 0 Å². The maximum Gasteiger partial charge on any atom is 0.217 e. The van der Waals surface area contributed by atoms with Gasteiger partial charge in [-0.3, -0.25) is 4.79 Å². The summed E-state index contributed by atoms with van der Waals surface area (Å²) in [4.78, 5) is 16.1. The van der Waals surface area contributed by atoms with E-state index in [1.54, 1.807) is 0 Å². The van der Waals surface area contributed by atoms with Gasteiger partial charge in [-0.05, 0) is 43.3 Å². The lowest BCUT2D eigenvalue weighted by molar-refractivity contribution is -0.119. The summed E-state index contributed by atoms with van der Waals surface area (Å²) in [6, 6.07) is 14.9. The van der Waals surface area contributed by atoms with E-state index in [0.29, 0.717) is 18.1 Å². The monoisotopic (exact) mass is 431 g/mol. The van der Waals surface area contributed by atoms with Crippen molar-refractivity contribution in [1.29, 1.82) is 0 Å². The number of halogens is 1. The number of para-hydroxylation sites is 2. The molecular weight excluding hydrogens is 410 g/mol. The van der Waals surface area contributed by atoms with Crippen molar-refractivity contribution < 1.29 is 14.6 Å². The molecule has 2 atom stereocenters. The van der Waals surface area contributed by atoms with Crippen molar-refractivity contribution in [2.24, 2.45) is 0 Å². The summed E-state index contributed by atoms with van der Waals surface area (Å²) in [6.45, 7) is 3.83. The van der Waals surface area contributed by atoms with Crippen LogP contribution in [0.5, 0.6) is 5.75 Å². The zero-order valence-electron chi connectivity index (χ0n) is 15.2. The van der Waals surface area contributed by atoms with Gasteiger partial charge in [0.15, 0.2) is 0 Å². The second-order valence-electron chi connectivity index (χ2n) is 6.41. The molecule has 0 aliphatic rings. The molecule has 1 amide bonds. The average Bonchev–Trinajstić information content (AvgIpc) is 2.99. The number of carbonyl (C=O) groups is 1. The minimum Gasteiger partial charge on any atom is -0.491 e. The molecule has 0 saturated carbocycles. The first-order chi connectivity index (χ1) is 12.9. The maximum absolute atomic E-state index is 11.4. The molecule has 2 N–H and O–H groups in total. The van der Waals surface area contributed by atoms with E-state index in [4.69, 9.17) is 4.74 Å². The lowest BCUT2D eigenvalue weighted by Gasteiger charge is -2.18. The molecule has 1 aromatic heterocycles. The van der Waals surface area contributed by atoms with Gasteiger partial charge in [0.25, 0.3) is 0 Å². The first-order valence-electron chi connectivity index (χ1n) is 8.72. The average molecular weight is 432 g/mol. The van der Waals surface area contributed by atoms with Crippen LogP contribution < -0.4 is 10.1 Å². The van der Waals surface area contributed by atoms with Crippen molar-refractivity contribution in [2.75, 3.05) is 6.61 Å². The lowest BCUT2D eigenvalue weighted by atomic mass is 10.2. The molecule has 27 heavy (non-hydrogen) atoms. The van der Waals surface area contributed by atoms with Crippen LogP contribution in [0.2, 0.25) is 0 Å². The Morgan fingerprint density at radius 1 is 1.26 bits per heavy atom. The topological polar surface area (TPSA) is 76.4 Å². The van der Waals surface area contributed by atoms with Gasteiger partial charge in [-0.1, -0.05) is 28.1 Å². The normalized spacial score (nSPS) is 13.3. The molecule has 1 heterocycles. The molecule has 7 heteroatoms. The summed E-state index contributed by atoms with van der Waals surface area (Å²) in [5, 5.41) is 13.4. The molecule has 0 radical (unpaired) electrons. The smallest absolute Gasteiger partial charge is 0.217 e. The van der Waals surface area contributed by atoms with Gasteiger partial charge in [-0.2, -0.15) is 0 Å². The number of aromatic nitrogens is 2. The van der Waals surface area contributed by atoms with Crippen LogP contribution >= 0.6 is 15.9 Å². The number of fused-ring (bicyclic) bond motifs is 1. The fourth-order valence-electron chi connectivity index (χ4n) is 2.97. The summed E-state index contributed by atoms with van der Waals surface area (Å²) in [5.74, 6) is 1.27. The van der Waals surface area contributed by atoms with E-state index in [-0.39, 0.29) is 18.6 Å². The molecular formula is C20H22BrN3O3. The predicted molar refractivity (Wildman–Crippen MR) is 108 cm³/mol. The molecule has 0 bridgehead atoms. The van der Waals surface area contributed by atoms with Gasteiger partial charge >= 0.3 is 0 Å². The Hall–Kier alpha value is -2.38. The fraction of sp³-hybridized carbons (Fsp3) is 0.300. The molecule has 3 rings (SSSR count). The van der Waals surface area contributed by atoms with Gasteiger partial charge in [0.1, 0.15) is 24.3 Å². The van der Waals surface area contributed by atoms with Crippen LogP contribution in [-0.4, -0.2) is 33.3 Å². The van der Waals surface area contributed by atoms with Crippen LogP contribution in [-0.2, 0) is 11.3 Å². The highest BCUT2D eigenvalue weighted by Crippen LogP contribution is 2.22. The first-order valence-corrected chi connectivity index (χ1v) is 9.52. The number of hydrogen-bond donors (Lipinski definition) is 2. The number of imidazole rings is 1. The minimum absolute atomic E-state index is 0.125. The summed E-state index contributed by atoms with van der Waals surface area (Å²) in [6.07, 6.45) is -0.727. The molecule has 0 fully saturated rings. The third kappa shape index (κ3) is 4.87. The third-order valence-corrected chi connectivity index (χ3v) is 4.67. The molecule has 2 aromatic carbocycles. The van der Waals surface area contributed by atoms with E-state index in [9.17, 15) is 9.90 Å². The molecule has 0 aliphatic heterocycles. The van der Waals surface area contributed by atoms with Crippen molar-refractivity contribution in [3.05, 3.63) is 58.8 Å². The summed E-state index contributed by atoms with van der Waals surface area (Å²) >= 11 is 3.38. The van der Waals surface area contributed by atoms with E-state index in [1.165, 1.54) is 6.92 Å². The van der Waals surface area contributed by atoms with Gasteiger partial charge in [0, 0.05) is 11.4 Å². The second kappa shape index (κ2) is 8.54. The lowest BCUT2D eigenvalue weighted by Crippen LogP contribution is -2.29. The van der Waals surface area contributed by atoms with Gasteiger partial charge < -0.3 is 19.7 Å². The van der Waals surface area contributed by atoms with E-state index in [0.717, 1.165) is 15.5 Å². The molecule has 6 nitrogen and oxygen atoms in total. The van der Waals surface area contributed by atoms with Crippen LogP contribution in [0.25, 0.3) is 11.0 Å². The third-order valence-electron chi connectivity index (χ3n) is 4.14. The van der Waals surface area contributed by atoms with E-state index in [2.05, 4.69) is 26.2 Å². The number of benzene rings is 2. The number of carbonyl (C=O) groups excluding carboxylic acids is 1. The largest absolute Gasteiger partial charge is 0.491 e. The Morgan fingerprint density at radius 3 is 2.67 bits per heavy atom. The van der Waals surface area contributed by atoms with Crippen molar-refractivity contribution in [3.8, 4) is 5.75 Å². The maximum atomic E-state index is 11.4. The summed E-state index contributed by atoms with van der Waals surface area (Å²) in [7, 11) is 0. The second-order valence-corrected chi connectivity index (χ2v) is 7.33. The number of amides is 1. The zero-order chi connectivity index (χ0) is 19.4. The number of aliphatic hydroxyl groups excluding tert-OH is 1. The number of nitrogens with zero attached hydrogens (tertiary/aromatic N) is 2. The number of aliphatic hydroxyl groups is 1. The summed E-state index contributed by atoms with van der Waals surface area (Å²) < 4.78 is 8.58. The van der Waals surface area contributed by atoms with Crippen LogP contribution in [0.1, 0.15) is 25.7 Å². The Bertz CT molecular complexity index is 924.